The largest absolute Gasteiger partial charge is 0.394 e. The van der Waals surface area contributed by atoms with Crippen molar-refractivity contribution in [3.63, 3.8) is 0 Å². The molecule has 0 bridgehead atoms. The number of nitrogens with two attached hydrogens (primary N) is 1. The third-order valence-corrected chi connectivity index (χ3v) is 2.64. The topological polar surface area (TPSA) is 131 Å². The van der Waals surface area contributed by atoms with Gasteiger partial charge in [-0.25, -0.2) is 4.79 Å². The molecule has 1 aliphatic heterocycles. The number of nitrogen functional groups attached to an aromatic ring is 1. The third kappa shape index (κ3) is 2.03. The lowest BCUT2D eigenvalue weighted by Crippen LogP contribution is -2.36. The van der Waals surface area contributed by atoms with Gasteiger partial charge in [0.15, 0.2) is 6.23 Å². The fourth-order valence-electron chi connectivity index (χ4n) is 1.73. The monoisotopic (exact) mass is 246 g/mol. The molecule has 1 aliphatic rings. The van der Waals surface area contributed by atoms with E-state index in [4.69, 9.17) is 15.6 Å². The molecular formula is C9H13N3O5. The van der Waals surface area contributed by atoms with Crippen LogP contribution in [0.4, 0.5) is 5.82 Å². The summed E-state index contributed by atoms with van der Waals surface area (Å²) in [5, 5.41) is 28.2. The first-order valence-corrected chi connectivity index (χ1v) is 5.01. The van der Waals surface area contributed by atoms with Crippen LogP contribution >= 0.6 is 0 Å². The molecule has 17 heavy (non-hydrogen) atoms. The van der Waals surface area contributed by atoms with E-state index in [-0.39, 0.29) is 5.82 Å². The number of aromatic nitrogens is 2. The maximum absolute atomic E-state index is 11.5. The van der Waals surface area contributed by atoms with Crippen molar-refractivity contribution < 1.29 is 20.1 Å². The van der Waals surface area contributed by atoms with Crippen LogP contribution in [-0.4, -0.2) is 49.8 Å². The smallest absolute Gasteiger partial charge is 0.351 e. The van der Waals surface area contributed by atoms with Crippen LogP contribution in [0, 0.1) is 0 Å². The van der Waals surface area contributed by atoms with Crippen molar-refractivity contribution in [3.8, 4) is 0 Å². The van der Waals surface area contributed by atoms with Crippen molar-refractivity contribution >= 4 is 5.82 Å². The van der Waals surface area contributed by atoms with Crippen molar-refractivity contribution in [1.82, 2.24) is 9.55 Å². The molecule has 8 heteroatoms. The Balaban J connectivity index is 2.32. The number of hydrogen-bond donors (Lipinski definition) is 4. The lowest BCUT2D eigenvalue weighted by Gasteiger charge is -2.16. The van der Waals surface area contributed by atoms with Crippen LogP contribution in [0.1, 0.15) is 6.23 Å². The van der Waals surface area contributed by atoms with E-state index < -0.39 is 36.8 Å². The molecule has 2 heterocycles. The van der Waals surface area contributed by atoms with Crippen LogP contribution in [0.5, 0.6) is 0 Å². The van der Waals surface area contributed by atoms with E-state index in [0.717, 1.165) is 4.57 Å². The van der Waals surface area contributed by atoms with Crippen molar-refractivity contribution in [2.75, 3.05) is 12.3 Å². The Labute approximate surface area is 95.9 Å². The quantitative estimate of drug-likeness (QED) is 0.451. The van der Waals surface area contributed by atoms with E-state index in [9.17, 15) is 15.0 Å². The molecule has 0 aromatic carbocycles. The summed E-state index contributed by atoms with van der Waals surface area (Å²) < 4.78 is 6.19. The molecule has 5 N–H and O–H groups in total. The molecule has 94 valence electrons. The van der Waals surface area contributed by atoms with Gasteiger partial charge in [-0.3, -0.25) is 4.57 Å². The molecular weight excluding hydrogens is 233 g/mol. The van der Waals surface area contributed by atoms with Crippen molar-refractivity contribution in [3.05, 3.63) is 22.7 Å². The number of nitrogens with zero attached hydrogens (tertiary/aromatic N) is 2. The van der Waals surface area contributed by atoms with Crippen molar-refractivity contribution in [2.45, 2.75) is 24.5 Å². The number of aliphatic hydroxyl groups excluding tert-OH is 3. The summed E-state index contributed by atoms with van der Waals surface area (Å²) in [6.07, 6.45) is -3.27. The maximum atomic E-state index is 11.5. The number of rotatable bonds is 2. The van der Waals surface area contributed by atoms with Gasteiger partial charge in [0.1, 0.15) is 24.1 Å². The Bertz CT molecular complexity index is 462. The highest BCUT2D eigenvalue weighted by atomic mass is 16.6. The van der Waals surface area contributed by atoms with E-state index in [1.54, 1.807) is 0 Å². The summed E-state index contributed by atoms with van der Waals surface area (Å²) in [5.41, 5.74) is 4.63. The highest BCUT2D eigenvalue weighted by molar-refractivity contribution is 5.23. The van der Waals surface area contributed by atoms with Crippen LogP contribution in [-0.2, 0) is 4.74 Å². The summed E-state index contributed by atoms with van der Waals surface area (Å²) in [5.74, 6) is 0.0537. The standard InChI is InChI=1S/C9H13N3O5/c10-5-1-2-12(9(16)11-5)8-7(15)6(14)4(3-13)17-8/h1-2,4,6-8,13-15H,3H2,(H2,10,11,16)/t4-,6+,7?,8-/m1/s1/i1+1,2+1,5+1. The van der Waals surface area contributed by atoms with E-state index >= 15 is 0 Å². The van der Waals surface area contributed by atoms with Crippen molar-refractivity contribution in [1.29, 1.82) is 0 Å². The van der Waals surface area contributed by atoms with Gasteiger partial charge in [-0.05, 0) is 6.07 Å². The zero-order valence-corrected chi connectivity index (χ0v) is 8.80. The Hall–Kier alpha value is -1.48. The molecule has 0 radical (unpaired) electrons. The number of aliphatic hydroxyl groups is 3. The van der Waals surface area contributed by atoms with Gasteiger partial charge in [0.05, 0.1) is 6.61 Å². The first-order valence-electron chi connectivity index (χ1n) is 5.01. The second-order valence-corrected chi connectivity index (χ2v) is 3.77. The molecule has 0 aliphatic carbocycles. The minimum absolute atomic E-state index is 0.0537. The van der Waals surface area contributed by atoms with Gasteiger partial charge >= 0.3 is 5.69 Å². The average Bonchev–Trinajstić information content (AvgIpc) is 2.57. The molecule has 0 amide bonds. The van der Waals surface area contributed by atoms with Crippen LogP contribution < -0.4 is 11.4 Å². The Morgan fingerprint density at radius 1 is 1.47 bits per heavy atom. The normalized spacial score (nSPS) is 32.9. The molecule has 1 aromatic heterocycles. The highest BCUT2D eigenvalue weighted by Gasteiger charge is 2.43. The van der Waals surface area contributed by atoms with Gasteiger partial charge in [0, 0.05) is 6.20 Å². The fourth-order valence-corrected chi connectivity index (χ4v) is 1.73. The second-order valence-electron chi connectivity index (χ2n) is 3.77. The lowest BCUT2D eigenvalue weighted by atomic mass is 10.1. The van der Waals surface area contributed by atoms with Gasteiger partial charge in [0.25, 0.3) is 0 Å². The molecule has 8 nitrogen and oxygen atoms in total. The number of hydrogen-bond acceptors (Lipinski definition) is 7. The van der Waals surface area contributed by atoms with E-state index in [1.807, 2.05) is 0 Å². The Morgan fingerprint density at radius 3 is 2.71 bits per heavy atom. The van der Waals surface area contributed by atoms with E-state index in [1.165, 1.54) is 12.3 Å². The number of anilines is 1. The predicted molar refractivity (Wildman–Crippen MR) is 55.9 cm³/mol. The van der Waals surface area contributed by atoms with Crippen LogP contribution in [0.25, 0.3) is 0 Å². The van der Waals surface area contributed by atoms with Crippen LogP contribution in [0.2, 0.25) is 0 Å². The molecule has 0 saturated carbocycles. The molecule has 1 unspecified atom stereocenters. The summed E-state index contributed by atoms with van der Waals surface area (Å²) >= 11 is 0. The van der Waals surface area contributed by atoms with E-state index in [0.29, 0.717) is 0 Å². The Kier molecular flexibility index (Phi) is 3.11. The zero-order valence-electron chi connectivity index (χ0n) is 8.80. The molecule has 1 fully saturated rings. The first kappa shape index (κ1) is 12.0. The number of ether oxygens (including phenoxy) is 1. The summed E-state index contributed by atoms with van der Waals surface area (Å²) in [7, 11) is 0. The molecule has 4 atom stereocenters. The summed E-state index contributed by atoms with van der Waals surface area (Å²) in [4.78, 5) is 15.0. The van der Waals surface area contributed by atoms with Crippen LogP contribution in [0.15, 0.2) is 17.1 Å². The minimum atomic E-state index is -1.31. The maximum Gasteiger partial charge on any atom is 0.351 e. The Morgan fingerprint density at radius 2 is 2.18 bits per heavy atom. The van der Waals surface area contributed by atoms with Gasteiger partial charge in [-0.1, -0.05) is 0 Å². The average molecular weight is 246 g/mol. The summed E-state index contributed by atoms with van der Waals surface area (Å²) in [6, 6.07) is 1.37. The predicted octanol–water partition coefficient (Wildman–Crippen LogP) is -2.56. The van der Waals surface area contributed by atoms with Gasteiger partial charge in [0.2, 0.25) is 0 Å². The minimum Gasteiger partial charge on any atom is -0.394 e. The SMILES string of the molecule is N[13c]1[13cH][13cH]n([C@@H]2O[C@H](CO)[C@H](O)C2O)c(=O)n1. The van der Waals surface area contributed by atoms with Crippen LogP contribution in [0.3, 0.4) is 0 Å². The molecule has 1 aromatic rings. The first-order chi connectivity index (χ1) is 8.04. The van der Waals surface area contributed by atoms with Crippen molar-refractivity contribution in [2.24, 2.45) is 0 Å². The lowest BCUT2D eigenvalue weighted by molar-refractivity contribution is -0.0549. The second kappa shape index (κ2) is 4.41. The molecule has 1 saturated heterocycles. The molecule has 0 spiro atoms. The van der Waals surface area contributed by atoms with E-state index in [2.05, 4.69) is 4.98 Å². The highest BCUT2D eigenvalue weighted by Crippen LogP contribution is 2.27. The fraction of sp³-hybridized carbons (Fsp3) is 0.556. The van der Waals surface area contributed by atoms with Gasteiger partial charge < -0.3 is 25.8 Å². The van der Waals surface area contributed by atoms with Gasteiger partial charge in [-0.15, -0.1) is 0 Å². The summed E-state index contributed by atoms with van der Waals surface area (Å²) in [6.45, 7) is -0.453. The third-order valence-electron chi connectivity index (χ3n) is 2.64. The van der Waals surface area contributed by atoms with Gasteiger partial charge in [-0.2, -0.15) is 4.98 Å². The zero-order chi connectivity index (χ0) is 12.6. The molecule has 2 rings (SSSR count).